The van der Waals surface area contributed by atoms with Crippen LogP contribution in [-0.2, 0) is 11.3 Å². The topological polar surface area (TPSA) is 55.1 Å². The molecule has 16 heavy (non-hydrogen) atoms. The summed E-state index contributed by atoms with van der Waals surface area (Å²) in [4.78, 5) is 11.1. The minimum absolute atomic E-state index is 0. The summed E-state index contributed by atoms with van der Waals surface area (Å²) < 4.78 is 13.2. The van der Waals surface area contributed by atoms with E-state index in [1.807, 2.05) is 0 Å². The van der Waals surface area contributed by atoms with Gasteiger partial charge in [-0.25, -0.2) is 4.39 Å². The summed E-state index contributed by atoms with van der Waals surface area (Å²) in [6, 6.07) is 4.40. The van der Waals surface area contributed by atoms with Crippen molar-refractivity contribution in [3.05, 3.63) is 34.6 Å². The molecular formula is C10H13Cl2FN2O. The molecule has 0 aliphatic carbocycles. The molecule has 0 aliphatic heterocycles. The largest absolute Gasteiger partial charge is 0.352 e. The monoisotopic (exact) mass is 266 g/mol. The van der Waals surface area contributed by atoms with E-state index in [-0.39, 0.29) is 37.8 Å². The van der Waals surface area contributed by atoms with Gasteiger partial charge in [-0.3, -0.25) is 4.79 Å². The minimum Gasteiger partial charge on any atom is -0.352 e. The Kier molecular flexibility index (Phi) is 7.05. The second-order valence-corrected chi connectivity index (χ2v) is 3.42. The predicted octanol–water partition coefficient (Wildman–Crippen LogP) is 1.87. The first-order valence-electron chi connectivity index (χ1n) is 4.55. The Morgan fingerprint density at radius 2 is 2.19 bits per heavy atom. The first-order chi connectivity index (χ1) is 7.15. The van der Waals surface area contributed by atoms with Gasteiger partial charge in [0, 0.05) is 30.1 Å². The fourth-order valence-corrected chi connectivity index (χ4v) is 1.34. The lowest BCUT2D eigenvalue weighted by Gasteiger charge is -2.07. The summed E-state index contributed by atoms with van der Waals surface area (Å²) in [7, 11) is 0. The van der Waals surface area contributed by atoms with Crippen molar-refractivity contribution in [2.24, 2.45) is 5.73 Å². The molecular weight excluding hydrogens is 254 g/mol. The molecule has 0 saturated heterocycles. The van der Waals surface area contributed by atoms with E-state index in [1.165, 1.54) is 12.1 Å². The predicted molar refractivity (Wildman–Crippen MR) is 64.2 cm³/mol. The average Bonchev–Trinajstić information content (AvgIpc) is 2.17. The van der Waals surface area contributed by atoms with E-state index >= 15 is 0 Å². The van der Waals surface area contributed by atoms with Crippen molar-refractivity contribution in [2.75, 3.05) is 6.54 Å². The van der Waals surface area contributed by atoms with Gasteiger partial charge in [0.1, 0.15) is 5.82 Å². The van der Waals surface area contributed by atoms with Gasteiger partial charge >= 0.3 is 0 Å². The van der Waals surface area contributed by atoms with Crippen LogP contribution >= 0.6 is 24.0 Å². The standard InChI is InChI=1S/C10H12ClFN2O.ClH/c11-8-2-1-3-9(12)7(8)6-14-10(15)4-5-13;/h1-3H,4-6,13H2,(H,14,15);1H. The highest BCUT2D eigenvalue weighted by atomic mass is 35.5. The van der Waals surface area contributed by atoms with E-state index in [1.54, 1.807) is 6.07 Å². The SMILES string of the molecule is Cl.NCCC(=O)NCc1c(F)cccc1Cl. The van der Waals surface area contributed by atoms with Crippen LogP contribution < -0.4 is 11.1 Å². The van der Waals surface area contributed by atoms with Crippen LogP contribution in [-0.4, -0.2) is 12.5 Å². The van der Waals surface area contributed by atoms with E-state index in [0.29, 0.717) is 10.6 Å². The van der Waals surface area contributed by atoms with Crippen molar-refractivity contribution in [1.82, 2.24) is 5.32 Å². The Bertz CT molecular complexity index is 340. The van der Waals surface area contributed by atoms with Gasteiger partial charge in [0.25, 0.3) is 0 Å². The second kappa shape index (κ2) is 7.44. The zero-order valence-electron chi connectivity index (χ0n) is 8.50. The summed E-state index contributed by atoms with van der Waals surface area (Å²) >= 11 is 5.77. The molecule has 0 fully saturated rings. The number of amides is 1. The molecule has 0 bridgehead atoms. The number of carbonyl (C=O) groups excluding carboxylic acids is 1. The number of nitrogens with one attached hydrogen (secondary N) is 1. The smallest absolute Gasteiger partial charge is 0.221 e. The number of hydrogen-bond acceptors (Lipinski definition) is 2. The molecule has 1 rings (SSSR count). The van der Waals surface area contributed by atoms with Gasteiger partial charge in [-0.1, -0.05) is 17.7 Å². The Labute approximate surface area is 105 Å². The maximum atomic E-state index is 13.2. The molecule has 0 unspecified atom stereocenters. The van der Waals surface area contributed by atoms with Crippen molar-refractivity contribution in [2.45, 2.75) is 13.0 Å². The molecule has 0 spiro atoms. The normalized spacial score (nSPS) is 9.44. The average molecular weight is 267 g/mol. The van der Waals surface area contributed by atoms with Crippen molar-refractivity contribution in [3.63, 3.8) is 0 Å². The first-order valence-corrected chi connectivity index (χ1v) is 4.92. The molecule has 0 aliphatic rings. The highest BCUT2D eigenvalue weighted by molar-refractivity contribution is 6.31. The Balaban J connectivity index is 0.00000225. The van der Waals surface area contributed by atoms with Crippen LogP contribution in [0.1, 0.15) is 12.0 Å². The molecule has 0 aromatic heterocycles. The number of hydrogen-bond donors (Lipinski definition) is 2. The molecule has 1 aromatic rings. The number of carbonyl (C=O) groups is 1. The second-order valence-electron chi connectivity index (χ2n) is 3.02. The van der Waals surface area contributed by atoms with Gasteiger partial charge in [0.2, 0.25) is 5.91 Å². The van der Waals surface area contributed by atoms with Gasteiger partial charge in [-0.15, -0.1) is 12.4 Å². The molecule has 3 nitrogen and oxygen atoms in total. The van der Waals surface area contributed by atoms with Crippen LogP contribution in [0.15, 0.2) is 18.2 Å². The third-order valence-corrected chi connectivity index (χ3v) is 2.25. The van der Waals surface area contributed by atoms with E-state index < -0.39 is 5.82 Å². The van der Waals surface area contributed by atoms with Crippen molar-refractivity contribution in [3.8, 4) is 0 Å². The summed E-state index contributed by atoms with van der Waals surface area (Å²) in [6.45, 7) is 0.362. The van der Waals surface area contributed by atoms with Crippen LogP contribution in [0.3, 0.4) is 0 Å². The highest BCUT2D eigenvalue weighted by Gasteiger charge is 2.07. The van der Waals surface area contributed by atoms with Gasteiger partial charge in [0.05, 0.1) is 0 Å². The molecule has 0 saturated carbocycles. The summed E-state index contributed by atoms with van der Waals surface area (Å²) in [5.41, 5.74) is 5.49. The molecule has 0 heterocycles. The fraction of sp³-hybridized carbons (Fsp3) is 0.300. The van der Waals surface area contributed by atoms with Crippen molar-refractivity contribution in [1.29, 1.82) is 0 Å². The van der Waals surface area contributed by atoms with E-state index in [0.717, 1.165) is 0 Å². The van der Waals surface area contributed by atoms with E-state index in [2.05, 4.69) is 5.32 Å². The molecule has 1 aromatic carbocycles. The Morgan fingerprint density at radius 3 is 2.75 bits per heavy atom. The third-order valence-electron chi connectivity index (χ3n) is 1.90. The first kappa shape index (κ1) is 15.2. The van der Waals surface area contributed by atoms with Crippen LogP contribution in [0, 0.1) is 5.82 Å². The third kappa shape index (κ3) is 4.35. The quantitative estimate of drug-likeness (QED) is 0.874. The zero-order chi connectivity index (χ0) is 11.3. The number of nitrogens with two attached hydrogens (primary N) is 1. The van der Waals surface area contributed by atoms with Crippen molar-refractivity contribution >= 4 is 29.9 Å². The number of rotatable bonds is 4. The fourth-order valence-electron chi connectivity index (χ4n) is 1.11. The van der Waals surface area contributed by atoms with Crippen LogP contribution in [0.2, 0.25) is 5.02 Å². The summed E-state index contributed by atoms with van der Waals surface area (Å²) in [5.74, 6) is -0.632. The van der Waals surface area contributed by atoms with Crippen LogP contribution in [0.25, 0.3) is 0 Å². The number of halogens is 3. The summed E-state index contributed by atoms with van der Waals surface area (Å²) in [5, 5.41) is 2.85. The molecule has 0 radical (unpaired) electrons. The molecule has 1 amide bonds. The van der Waals surface area contributed by atoms with Crippen LogP contribution in [0.5, 0.6) is 0 Å². The lowest BCUT2D eigenvalue weighted by atomic mass is 10.2. The minimum atomic E-state index is -0.421. The molecule has 90 valence electrons. The lowest BCUT2D eigenvalue weighted by Crippen LogP contribution is -2.25. The van der Waals surface area contributed by atoms with Gasteiger partial charge in [-0.2, -0.15) is 0 Å². The van der Waals surface area contributed by atoms with Gasteiger partial charge < -0.3 is 11.1 Å². The summed E-state index contributed by atoms with van der Waals surface area (Å²) in [6.07, 6.45) is 0.228. The Morgan fingerprint density at radius 1 is 1.50 bits per heavy atom. The maximum absolute atomic E-state index is 13.2. The Hall–Kier alpha value is -0.840. The molecule has 6 heteroatoms. The zero-order valence-corrected chi connectivity index (χ0v) is 10.1. The molecule has 3 N–H and O–H groups in total. The highest BCUT2D eigenvalue weighted by Crippen LogP contribution is 2.18. The van der Waals surface area contributed by atoms with Gasteiger partial charge in [-0.05, 0) is 12.1 Å². The van der Waals surface area contributed by atoms with E-state index in [4.69, 9.17) is 17.3 Å². The van der Waals surface area contributed by atoms with Crippen LogP contribution in [0.4, 0.5) is 4.39 Å². The van der Waals surface area contributed by atoms with E-state index in [9.17, 15) is 9.18 Å². The van der Waals surface area contributed by atoms with Gasteiger partial charge in [0.15, 0.2) is 0 Å². The number of benzene rings is 1. The maximum Gasteiger partial charge on any atom is 0.221 e. The van der Waals surface area contributed by atoms with Crippen molar-refractivity contribution < 1.29 is 9.18 Å². The lowest BCUT2D eigenvalue weighted by molar-refractivity contribution is -0.121. The molecule has 0 atom stereocenters.